The fourth-order valence-electron chi connectivity index (χ4n) is 0.824. The fraction of sp³-hybridized carbons (Fsp3) is 0.250. The molecule has 1 N–H and O–H groups in total. The second kappa shape index (κ2) is 3.15. The van der Waals surface area contributed by atoms with Crippen LogP contribution in [0.4, 0.5) is 13.2 Å². The largest absolute Gasteiger partial charge is 0.418 e. The van der Waals surface area contributed by atoms with E-state index < -0.39 is 12.3 Å². The Bertz CT molecular complexity index is 242. The number of alkyl halides is 3. The van der Waals surface area contributed by atoms with Crippen LogP contribution in [-0.4, -0.2) is 11.3 Å². The first-order chi connectivity index (χ1) is 5.52. The van der Waals surface area contributed by atoms with Gasteiger partial charge in [0.1, 0.15) is 0 Å². The van der Waals surface area contributed by atoms with Crippen molar-refractivity contribution >= 4 is 0 Å². The molecule has 0 fully saturated rings. The first-order valence-electron chi connectivity index (χ1n) is 3.31. The molecule has 0 aliphatic carbocycles. The minimum atomic E-state index is -4.58. The molecule has 12 heavy (non-hydrogen) atoms. The predicted octanol–water partition coefficient (Wildman–Crippen LogP) is 2.28. The van der Waals surface area contributed by atoms with Gasteiger partial charge in [-0.1, -0.05) is 30.3 Å². The van der Waals surface area contributed by atoms with E-state index in [-0.39, 0.29) is 5.56 Å². The number of aliphatic hydroxyl groups is 1. The first kappa shape index (κ1) is 9.06. The van der Waals surface area contributed by atoms with Gasteiger partial charge in [0.05, 0.1) is 0 Å². The molecule has 0 aliphatic rings. The summed E-state index contributed by atoms with van der Waals surface area (Å²) in [7, 11) is 0. The summed E-state index contributed by atoms with van der Waals surface area (Å²) in [5.41, 5.74) is -0.134. The van der Waals surface area contributed by atoms with Gasteiger partial charge in [0.15, 0.2) is 6.10 Å². The highest BCUT2D eigenvalue weighted by Gasteiger charge is 2.38. The summed E-state index contributed by atoms with van der Waals surface area (Å²) in [6.07, 6.45) is -6.96. The van der Waals surface area contributed by atoms with E-state index in [4.69, 9.17) is 5.11 Å². The molecule has 1 atom stereocenters. The van der Waals surface area contributed by atoms with Crippen LogP contribution in [0, 0.1) is 0 Å². The maximum Gasteiger partial charge on any atom is 0.418 e. The highest BCUT2D eigenvalue weighted by Crippen LogP contribution is 2.31. The van der Waals surface area contributed by atoms with Crippen molar-refractivity contribution in [1.29, 1.82) is 0 Å². The quantitative estimate of drug-likeness (QED) is 0.694. The van der Waals surface area contributed by atoms with Gasteiger partial charge in [-0.3, -0.25) is 0 Å². The second-order valence-corrected chi connectivity index (χ2v) is 2.35. The smallest absolute Gasteiger partial charge is 0.379 e. The lowest BCUT2D eigenvalue weighted by molar-refractivity contribution is -0.206. The molecular formula is C8H7F3O. The molecule has 0 radical (unpaired) electrons. The summed E-state index contributed by atoms with van der Waals surface area (Å²) >= 11 is 0. The van der Waals surface area contributed by atoms with Crippen LogP contribution < -0.4 is 0 Å². The number of hydrogen-bond donors (Lipinski definition) is 1. The van der Waals surface area contributed by atoms with Crippen molar-refractivity contribution in [2.24, 2.45) is 0 Å². The van der Waals surface area contributed by atoms with Crippen LogP contribution in [0.1, 0.15) is 11.7 Å². The summed E-state index contributed by atoms with van der Waals surface area (Å²) in [5.74, 6) is 0. The molecule has 1 nitrogen and oxygen atoms in total. The van der Waals surface area contributed by atoms with Crippen LogP contribution in [0.2, 0.25) is 0 Å². The van der Waals surface area contributed by atoms with E-state index in [0.29, 0.717) is 0 Å². The van der Waals surface area contributed by atoms with Gasteiger partial charge < -0.3 is 5.11 Å². The molecule has 1 unspecified atom stereocenters. The minimum absolute atomic E-state index is 0.134. The number of benzene rings is 1. The second-order valence-electron chi connectivity index (χ2n) is 2.35. The molecule has 0 bridgehead atoms. The molecule has 0 aliphatic heterocycles. The average Bonchev–Trinajstić information content (AvgIpc) is 2.03. The summed E-state index contributed by atoms with van der Waals surface area (Å²) in [6, 6.07) is 6.96. The van der Waals surface area contributed by atoms with E-state index in [1.54, 1.807) is 6.07 Å². The van der Waals surface area contributed by atoms with Crippen molar-refractivity contribution < 1.29 is 18.3 Å². The fourth-order valence-corrected chi connectivity index (χ4v) is 0.824. The Morgan fingerprint density at radius 2 is 1.58 bits per heavy atom. The summed E-state index contributed by atoms with van der Waals surface area (Å²) in [6.45, 7) is 0. The van der Waals surface area contributed by atoms with Crippen LogP contribution in [0.3, 0.4) is 0 Å². The van der Waals surface area contributed by atoms with Gasteiger partial charge >= 0.3 is 6.18 Å². The molecule has 1 aromatic rings. The first-order valence-corrected chi connectivity index (χ1v) is 3.31. The van der Waals surface area contributed by atoms with Crippen LogP contribution >= 0.6 is 0 Å². The lowest BCUT2D eigenvalue weighted by Crippen LogP contribution is -2.19. The molecule has 0 heterocycles. The van der Waals surface area contributed by atoms with Crippen molar-refractivity contribution in [3.05, 3.63) is 35.9 Å². The zero-order valence-electron chi connectivity index (χ0n) is 6.05. The van der Waals surface area contributed by atoms with Gasteiger partial charge in [-0.2, -0.15) is 13.2 Å². The van der Waals surface area contributed by atoms with E-state index in [9.17, 15) is 13.2 Å². The lowest BCUT2D eigenvalue weighted by Gasteiger charge is -2.13. The van der Waals surface area contributed by atoms with Gasteiger partial charge in [-0.25, -0.2) is 0 Å². The Morgan fingerprint density at radius 1 is 1.08 bits per heavy atom. The number of aliphatic hydroxyl groups excluding tert-OH is 1. The zero-order valence-corrected chi connectivity index (χ0v) is 6.05. The highest BCUT2D eigenvalue weighted by atomic mass is 19.3. The van der Waals surface area contributed by atoms with Crippen molar-refractivity contribution in [2.75, 3.05) is 0 Å². The van der Waals surface area contributed by atoms with E-state index in [2.05, 4.69) is 0 Å². The molecule has 0 spiro atoms. The Kier molecular flexibility index (Phi) is 2.38. The van der Waals surface area contributed by atoms with E-state index in [1.807, 2.05) is 0 Å². The van der Waals surface area contributed by atoms with Crippen LogP contribution in [-0.2, 0) is 0 Å². The Morgan fingerprint density at radius 3 is 2.00 bits per heavy atom. The summed E-state index contributed by atoms with van der Waals surface area (Å²) in [5, 5.41) is 8.73. The van der Waals surface area contributed by atoms with Gasteiger partial charge in [-0.05, 0) is 5.56 Å². The molecule has 0 amide bonds. The summed E-state index contributed by atoms with van der Waals surface area (Å²) < 4.78 is 35.7. The molecule has 0 aromatic heterocycles. The lowest BCUT2D eigenvalue weighted by atomic mass is 10.1. The van der Waals surface area contributed by atoms with Gasteiger partial charge in [0, 0.05) is 0 Å². The van der Waals surface area contributed by atoms with Crippen LogP contribution in [0.5, 0.6) is 0 Å². The molecule has 0 saturated carbocycles. The third-order valence-electron chi connectivity index (χ3n) is 1.43. The maximum absolute atomic E-state index is 11.9. The van der Waals surface area contributed by atoms with Gasteiger partial charge in [0.2, 0.25) is 0 Å². The monoisotopic (exact) mass is 175 g/mol. The van der Waals surface area contributed by atoms with Crippen LogP contribution in [0.25, 0.3) is 0 Å². The van der Waals surface area contributed by atoms with Crippen molar-refractivity contribution in [3.8, 4) is 0 Å². The Labute approximate surface area is 67.5 Å². The predicted molar refractivity (Wildman–Crippen MR) is 37.5 cm³/mol. The number of hydrogen-bond acceptors (Lipinski definition) is 1. The number of rotatable bonds is 1. The maximum atomic E-state index is 11.9. The average molecular weight is 175 g/mol. The van der Waals surface area contributed by atoms with Gasteiger partial charge in [-0.15, -0.1) is 0 Å². The molecule has 1 aromatic carbocycles. The third-order valence-corrected chi connectivity index (χ3v) is 1.43. The highest BCUT2D eigenvalue weighted by molar-refractivity contribution is 5.18. The van der Waals surface area contributed by atoms with E-state index in [0.717, 1.165) is 0 Å². The van der Waals surface area contributed by atoms with Gasteiger partial charge in [0.25, 0.3) is 0 Å². The molecule has 1 rings (SSSR count). The molecule has 4 heteroatoms. The van der Waals surface area contributed by atoms with E-state index in [1.165, 1.54) is 24.3 Å². The van der Waals surface area contributed by atoms with E-state index >= 15 is 0 Å². The number of halogens is 3. The zero-order chi connectivity index (χ0) is 9.19. The van der Waals surface area contributed by atoms with Crippen molar-refractivity contribution in [3.63, 3.8) is 0 Å². The normalized spacial score (nSPS) is 14.3. The Balaban J connectivity index is 2.86. The SMILES string of the molecule is OC(c1ccccc1)C(F)(F)[18F]. The standard InChI is InChI=1S/C8H7F3O/c9-8(10,11)7(12)6-4-2-1-3-5-6/h1-5,7,12H/i9-1. The van der Waals surface area contributed by atoms with Crippen molar-refractivity contribution in [2.45, 2.75) is 12.3 Å². The molecular weight excluding hydrogens is 168 g/mol. The van der Waals surface area contributed by atoms with Crippen LogP contribution in [0.15, 0.2) is 30.3 Å². The Hall–Kier alpha value is -1.03. The molecule has 0 saturated heterocycles. The molecule has 66 valence electrons. The topological polar surface area (TPSA) is 20.2 Å². The van der Waals surface area contributed by atoms with Crippen molar-refractivity contribution in [1.82, 2.24) is 0 Å². The summed E-state index contributed by atoms with van der Waals surface area (Å²) in [4.78, 5) is 0. The minimum Gasteiger partial charge on any atom is -0.379 e. The third kappa shape index (κ3) is 1.98.